The first-order chi connectivity index (χ1) is 14.0. The Bertz CT molecular complexity index is 1010. The Hall–Kier alpha value is -3.49. The SMILES string of the molecule is Cc1ncn(-c2cc(N3CCN(C(=O)Nc4ccc(F)cc4)CC3)ncn2)c1C. The average molecular weight is 395 g/mol. The predicted octanol–water partition coefficient (Wildman–Crippen LogP) is 2.77. The van der Waals surface area contributed by atoms with Crippen LogP contribution in [0.3, 0.4) is 0 Å². The van der Waals surface area contributed by atoms with Gasteiger partial charge in [0.05, 0.1) is 5.69 Å². The van der Waals surface area contributed by atoms with Crippen LogP contribution in [0.2, 0.25) is 0 Å². The van der Waals surface area contributed by atoms with Crippen molar-refractivity contribution in [3.05, 3.63) is 60.2 Å². The van der Waals surface area contributed by atoms with Crippen molar-refractivity contribution in [3.8, 4) is 5.82 Å². The fourth-order valence-corrected chi connectivity index (χ4v) is 3.25. The summed E-state index contributed by atoms with van der Waals surface area (Å²) in [5.41, 5.74) is 2.58. The quantitative estimate of drug-likeness (QED) is 0.738. The molecule has 0 atom stereocenters. The molecule has 1 saturated heterocycles. The highest BCUT2D eigenvalue weighted by molar-refractivity contribution is 5.89. The van der Waals surface area contributed by atoms with E-state index in [1.165, 1.54) is 12.1 Å². The molecule has 8 nitrogen and oxygen atoms in total. The minimum absolute atomic E-state index is 0.191. The molecule has 0 spiro atoms. The lowest BCUT2D eigenvalue weighted by Gasteiger charge is -2.35. The van der Waals surface area contributed by atoms with Crippen molar-refractivity contribution < 1.29 is 9.18 Å². The highest BCUT2D eigenvalue weighted by atomic mass is 19.1. The lowest BCUT2D eigenvalue weighted by atomic mass is 10.3. The highest BCUT2D eigenvalue weighted by Gasteiger charge is 2.22. The minimum Gasteiger partial charge on any atom is -0.353 e. The number of carbonyl (C=O) groups is 1. The number of amides is 2. The zero-order valence-corrected chi connectivity index (χ0v) is 16.3. The summed E-state index contributed by atoms with van der Waals surface area (Å²) in [5, 5.41) is 2.80. The normalized spacial score (nSPS) is 14.2. The summed E-state index contributed by atoms with van der Waals surface area (Å²) in [6, 6.07) is 7.48. The molecule has 3 heterocycles. The minimum atomic E-state index is -0.332. The highest BCUT2D eigenvalue weighted by Crippen LogP contribution is 2.18. The van der Waals surface area contributed by atoms with Crippen LogP contribution in [-0.2, 0) is 0 Å². The van der Waals surface area contributed by atoms with Gasteiger partial charge in [0.15, 0.2) is 0 Å². The van der Waals surface area contributed by atoms with E-state index in [1.54, 1.807) is 29.7 Å². The number of piperazine rings is 1. The number of halogens is 1. The van der Waals surface area contributed by atoms with Gasteiger partial charge in [0.1, 0.15) is 30.1 Å². The van der Waals surface area contributed by atoms with Gasteiger partial charge in [0, 0.05) is 43.6 Å². The van der Waals surface area contributed by atoms with Crippen LogP contribution < -0.4 is 10.2 Å². The predicted molar refractivity (Wildman–Crippen MR) is 108 cm³/mol. The zero-order chi connectivity index (χ0) is 20.4. The van der Waals surface area contributed by atoms with Gasteiger partial charge < -0.3 is 15.1 Å². The fraction of sp³-hybridized carbons (Fsp3) is 0.300. The maximum absolute atomic E-state index is 13.0. The largest absolute Gasteiger partial charge is 0.353 e. The number of urea groups is 1. The standard InChI is InChI=1S/C20H22FN7O/c1-14-15(2)28(13-24-14)19-11-18(22-12-23-19)26-7-9-27(10-8-26)20(29)25-17-5-3-16(21)4-6-17/h3-6,11-13H,7-10H2,1-2H3,(H,25,29). The molecule has 0 saturated carbocycles. The summed E-state index contributed by atoms with van der Waals surface area (Å²) >= 11 is 0. The van der Waals surface area contributed by atoms with Crippen molar-refractivity contribution >= 4 is 17.5 Å². The van der Waals surface area contributed by atoms with Gasteiger partial charge in [-0.3, -0.25) is 4.57 Å². The molecule has 1 N–H and O–H groups in total. The van der Waals surface area contributed by atoms with Gasteiger partial charge in [-0.2, -0.15) is 0 Å². The Morgan fingerprint density at radius 3 is 2.34 bits per heavy atom. The fourth-order valence-electron chi connectivity index (χ4n) is 3.25. The zero-order valence-electron chi connectivity index (χ0n) is 16.3. The first-order valence-corrected chi connectivity index (χ1v) is 9.40. The molecule has 1 aromatic carbocycles. The van der Waals surface area contributed by atoms with Crippen molar-refractivity contribution in [2.45, 2.75) is 13.8 Å². The van der Waals surface area contributed by atoms with E-state index in [0.717, 1.165) is 23.0 Å². The monoisotopic (exact) mass is 395 g/mol. The number of benzene rings is 1. The number of aryl methyl sites for hydroxylation is 1. The molecule has 1 aliphatic rings. The maximum atomic E-state index is 13.0. The lowest BCUT2D eigenvalue weighted by molar-refractivity contribution is 0.208. The van der Waals surface area contributed by atoms with Crippen molar-refractivity contribution in [1.29, 1.82) is 0 Å². The molecule has 4 rings (SSSR count). The number of nitrogens with one attached hydrogen (secondary N) is 1. The number of carbonyl (C=O) groups excluding carboxylic acids is 1. The summed E-state index contributed by atoms with van der Waals surface area (Å²) in [6.07, 6.45) is 3.31. The Morgan fingerprint density at radius 1 is 1.00 bits per heavy atom. The summed E-state index contributed by atoms with van der Waals surface area (Å²) in [4.78, 5) is 29.4. The van der Waals surface area contributed by atoms with E-state index in [2.05, 4.69) is 25.2 Å². The molecule has 2 amide bonds. The Balaban J connectivity index is 1.39. The molecular weight excluding hydrogens is 373 g/mol. The summed E-state index contributed by atoms with van der Waals surface area (Å²) in [6.45, 7) is 6.42. The van der Waals surface area contributed by atoms with Gasteiger partial charge in [-0.15, -0.1) is 0 Å². The van der Waals surface area contributed by atoms with Crippen LogP contribution >= 0.6 is 0 Å². The van der Waals surface area contributed by atoms with E-state index in [1.807, 2.05) is 24.5 Å². The molecule has 1 fully saturated rings. The van der Waals surface area contributed by atoms with Crippen molar-refractivity contribution in [3.63, 3.8) is 0 Å². The molecule has 2 aromatic heterocycles. The van der Waals surface area contributed by atoms with Crippen molar-refractivity contribution in [2.24, 2.45) is 0 Å². The van der Waals surface area contributed by atoms with Crippen LogP contribution in [-0.4, -0.2) is 56.6 Å². The van der Waals surface area contributed by atoms with E-state index in [4.69, 9.17) is 0 Å². The van der Waals surface area contributed by atoms with Crippen molar-refractivity contribution in [1.82, 2.24) is 24.4 Å². The number of rotatable bonds is 3. The molecule has 0 aliphatic carbocycles. The molecule has 1 aliphatic heterocycles. The average Bonchev–Trinajstić information content (AvgIpc) is 3.08. The summed E-state index contributed by atoms with van der Waals surface area (Å²) in [7, 11) is 0. The third-order valence-electron chi connectivity index (χ3n) is 5.12. The van der Waals surface area contributed by atoms with E-state index in [0.29, 0.717) is 31.9 Å². The van der Waals surface area contributed by atoms with E-state index >= 15 is 0 Å². The van der Waals surface area contributed by atoms with Gasteiger partial charge >= 0.3 is 6.03 Å². The van der Waals surface area contributed by atoms with Crippen LogP contribution in [0, 0.1) is 19.7 Å². The Morgan fingerprint density at radius 2 is 1.69 bits per heavy atom. The third-order valence-corrected chi connectivity index (χ3v) is 5.12. The molecule has 9 heteroatoms. The van der Waals surface area contributed by atoms with E-state index < -0.39 is 0 Å². The van der Waals surface area contributed by atoms with Crippen LogP contribution in [0.15, 0.2) is 43.0 Å². The molecular formula is C20H22FN7O. The molecule has 0 bridgehead atoms. The van der Waals surface area contributed by atoms with Gasteiger partial charge in [-0.25, -0.2) is 24.1 Å². The van der Waals surface area contributed by atoms with Gasteiger partial charge in [-0.05, 0) is 38.1 Å². The van der Waals surface area contributed by atoms with Crippen LogP contribution in [0.5, 0.6) is 0 Å². The first kappa shape index (κ1) is 18.9. The third kappa shape index (κ3) is 4.03. The van der Waals surface area contributed by atoms with Crippen LogP contribution in [0.4, 0.5) is 20.7 Å². The Labute approximate surface area is 168 Å². The van der Waals surface area contributed by atoms with E-state index in [-0.39, 0.29) is 11.8 Å². The molecule has 0 unspecified atom stereocenters. The molecule has 29 heavy (non-hydrogen) atoms. The number of aromatic nitrogens is 4. The number of hydrogen-bond acceptors (Lipinski definition) is 5. The first-order valence-electron chi connectivity index (χ1n) is 9.40. The number of imidazole rings is 1. The second kappa shape index (κ2) is 7.86. The summed E-state index contributed by atoms with van der Waals surface area (Å²) in [5.74, 6) is 1.26. The van der Waals surface area contributed by atoms with Gasteiger partial charge in [0.2, 0.25) is 0 Å². The second-order valence-corrected chi connectivity index (χ2v) is 6.93. The van der Waals surface area contributed by atoms with E-state index in [9.17, 15) is 9.18 Å². The number of anilines is 2. The topological polar surface area (TPSA) is 79.2 Å². The van der Waals surface area contributed by atoms with Gasteiger partial charge in [-0.1, -0.05) is 0 Å². The maximum Gasteiger partial charge on any atom is 0.321 e. The summed E-state index contributed by atoms with van der Waals surface area (Å²) < 4.78 is 14.9. The van der Waals surface area contributed by atoms with Crippen molar-refractivity contribution in [2.75, 3.05) is 36.4 Å². The molecule has 150 valence electrons. The number of nitrogens with zero attached hydrogens (tertiary/aromatic N) is 6. The van der Waals surface area contributed by atoms with Crippen LogP contribution in [0.25, 0.3) is 5.82 Å². The van der Waals surface area contributed by atoms with Gasteiger partial charge in [0.25, 0.3) is 0 Å². The molecule has 0 radical (unpaired) electrons. The lowest BCUT2D eigenvalue weighted by Crippen LogP contribution is -2.50. The molecule has 3 aromatic rings. The Kier molecular flexibility index (Phi) is 5.11. The second-order valence-electron chi connectivity index (χ2n) is 6.93. The van der Waals surface area contributed by atoms with Crippen LogP contribution in [0.1, 0.15) is 11.4 Å². The number of hydrogen-bond donors (Lipinski definition) is 1. The smallest absolute Gasteiger partial charge is 0.321 e.